The Morgan fingerprint density at radius 3 is 2.26 bits per heavy atom. The third-order valence-electron chi connectivity index (χ3n) is 5.64. The van der Waals surface area contributed by atoms with Crippen LogP contribution in [0.4, 0.5) is 10.1 Å². The lowest BCUT2D eigenvalue weighted by atomic mass is 10.0. The smallest absolute Gasteiger partial charge is 0.264 e. The number of piperazine rings is 1. The second kappa shape index (κ2) is 8.24. The highest BCUT2D eigenvalue weighted by atomic mass is 32.2. The second-order valence-corrected chi connectivity index (χ2v) is 9.50. The van der Waals surface area contributed by atoms with Gasteiger partial charge in [-0.1, -0.05) is 0 Å². The maximum absolute atomic E-state index is 13.5. The first-order chi connectivity index (χ1) is 14.8. The van der Waals surface area contributed by atoms with Crippen LogP contribution in [0.15, 0.2) is 58.2 Å². The van der Waals surface area contributed by atoms with Crippen LogP contribution in [0.25, 0.3) is 11.3 Å². The van der Waals surface area contributed by atoms with Gasteiger partial charge in [0.1, 0.15) is 5.82 Å². The van der Waals surface area contributed by atoms with Crippen LogP contribution in [0.3, 0.4) is 0 Å². The fraction of sp³-hybridized carbons (Fsp3) is 0.273. The molecule has 1 N–H and O–H groups in total. The van der Waals surface area contributed by atoms with Gasteiger partial charge in [0.25, 0.3) is 5.56 Å². The number of aromatic nitrogens is 2. The van der Waals surface area contributed by atoms with E-state index in [0.29, 0.717) is 43.0 Å². The molecule has 1 aliphatic rings. The van der Waals surface area contributed by atoms with Crippen LogP contribution in [-0.2, 0) is 10.0 Å². The molecule has 1 fully saturated rings. The van der Waals surface area contributed by atoms with E-state index >= 15 is 0 Å². The lowest BCUT2D eigenvalue weighted by molar-refractivity contribution is 0.384. The minimum absolute atomic E-state index is 0.241. The average Bonchev–Trinajstić information content (AvgIpc) is 2.76. The maximum Gasteiger partial charge on any atom is 0.264 e. The van der Waals surface area contributed by atoms with Crippen molar-refractivity contribution >= 4 is 15.7 Å². The molecule has 0 bridgehead atoms. The maximum atomic E-state index is 13.5. The number of hydrogen-bond donors (Lipinski definition) is 1. The number of benzene rings is 2. The number of rotatable bonds is 4. The summed E-state index contributed by atoms with van der Waals surface area (Å²) in [7, 11) is -3.72. The van der Waals surface area contributed by atoms with Gasteiger partial charge in [0, 0.05) is 43.5 Å². The molecule has 162 valence electrons. The average molecular weight is 443 g/mol. The first-order valence-electron chi connectivity index (χ1n) is 9.94. The van der Waals surface area contributed by atoms with Crippen LogP contribution >= 0.6 is 0 Å². The number of H-pyrrole nitrogens is 1. The SMILES string of the molecule is Cc1cc(-c2ccc(=O)[nH]n2)cc(S(=O)(=O)N2CCN(c3ccc(F)cc3)CC2)c1C. The van der Waals surface area contributed by atoms with Crippen molar-refractivity contribution in [2.24, 2.45) is 0 Å². The van der Waals surface area contributed by atoms with Gasteiger partial charge in [-0.2, -0.15) is 9.40 Å². The fourth-order valence-electron chi connectivity index (χ4n) is 3.73. The summed E-state index contributed by atoms with van der Waals surface area (Å²) in [5.74, 6) is -0.298. The Morgan fingerprint density at radius 2 is 1.65 bits per heavy atom. The second-order valence-electron chi connectivity index (χ2n) is 7.59. The van der Waals surface area contributed by atoms with Gasteiger partial charge in [0.15, 0.2) is 0 Å². The lowest BCUT2D eigenvalue weighted by Crippen LogP contribution is -2.48. The van der Waals surface area contributed by atoms with Gasteiger partial charge in [-0.25, -0.2) is 17.9 Å². The molecule has 9 heteroatoms. The Bertz CT molecular complexity index is 1240. The molecule has 7 nitrogen and oxygen atoms in total. The Balaban J connectivity index is 1.60. The molecule has 0 spiro atoms. The predicted molar refractivity (Wildman–Crippen MR) is 117 cm³/mol. The van der Waals surface area contributed by atoms with E-state index in [1.165, 1.54) is 22.5 Å². The molecular weight excluding hydrogens is 419 g/mol. The fourth-order valence-corrected chi connectivity index (χ4v) is 5.47. The van der Waals surface area contributed by atoms with E-state index < -0.39 is 10.0 Å². The number of aryl methyl sites for hydroxylation is 1. The molecule has 4 rings (SSSR count). The van der Waals surface area contributed by atoms with Crippen LogP contribution in [0.2, 0.25) is 0 Å². The highest BCUT2D eigenvalue weighted by Gasteiger charge is 2.30. The molecule has 0 saturated carbocycles. The monoisotopic (exact) mass is 442 g/mol. The Hall–Kier alpha value is -3.04. The number of nitrogens with one attached hydrogen (secondary N) is 1. The van der Waals surface area contributed by atoms with E-state index in [1.54, 1.807) is 31.2 Å². The topological polar surface area (TPSA) is 86.4 Å². The zero-order chi connectivity index (χ0) is 22.2. The summed E-state index contributed by atoms with van der Waals surface area (Å²) in [6, 6.07) is 12.6. The van der Waals surface area contributed by atoms with E-state index in [2.05, 4.69) is 10.2 Å². The van der Waals surface area contributed by atoms with E-state index in [1.807, 2.05) is 17.9 Å². The molecule has 1 aliphatic heterocycles. The summed E-state index contributed by atoms with van der Waals surface area (Å²) >= 11 is 0. The Labute approximate surface area is 180 Å². The van der Waals surface area contributed by atoms with Gasteiger partial charge in [0.05, 0.1) is 10.6 Å². The zero-order valence-electron chi connectivity index (χ0n) is 17.3. The van der Waals surface area contributed by atoms with E-state index in [0.717, 1.165) is 11.3 Å². The number of hydrogen-bond acceptors (Lipinski definition) is 5. The van der Waals surface area contributed by atoms with Crippen LogP contribution in [-0.4, -0.2) is 49.1 Å². The van der Waals surface area contributed by atoms with Crippen molar-refractivity contribution in [3.63, 3.8) is 0 Å². The van der Waals surface area contributed by atoms with Crippen molar-refractivity contribution < 1.29 is 12.8 Å². The zero-order valence-corrected chi connectivity index (χ0v) is 18.1. The van der Waals surface area contributed by atoms with Gasteiger partial charge in [-0.3, -0.25) is 4.79 Å². The van der Waals surface area contributed by atoms with Crippen molar-refractivity contribution in [3.8, 4) is 11.3 Å². The first-order valence-corrected chi connectivity index (χ1v) is 11.4. The molecule has 3 aromatic rings. The van der Waals surface area contributed by atoms with Crippen LogP contribution < -0.4 is 10.5 Å². The third kappa shape index (κ3) is 4.24. The Morgan fingerprint density at radius 1 is 0.968 bits per heavy atom. The number of aromatic amines is 1. The minimum atomic E-state index is -3.72. The molecule has 2 aromatic carbocycles. The van der Waals surface area contributed by atoms with Gasteiger partial charge in [-0.15, -0.1) is 0 Å². The number of sulfonamides is 1. The van der Waals surface area contributed by atoms with Gasteiger partial charge < -0.3 is 4.90 Å². The molecule has 0 unspecified atom stereocenters. The van der Waals surface area contributed by atoms with Gasteiger partial charge >= 0.3 is 0 Å². The summed E-state index contributed by atoms with van der Waals surface area (Å²) in [6.45, 7) is 5.35. The summed E-state index contributed by atoms with van der Waals surface area (Å²) in [4.78, 5) is 13.6. The molecule has 31 heavy (non-hydrogen) atoms. The van der Waals surface area contributed by atoms with Gasteiger partial charge in [0.2, 0.25) is 10.0 Å². The molecule has 1 saturated heterocycles. The molecule has 0 radical (unpaired) electrons. The molecule has 0 atom stereocenters. The number of halogens is 1. The third-order valence-corrected chi connectivity index (χ3v) is 7.67. The van der Waals surface area contributed by atoms with Crippen LogP contribution in [0.1, 0.15) is 11.1 Å². The molecule has 0 aliphatic carbocycles. The van der Waals surface area contributed by atoms with Crippen molar-refractivity contribution in [2.45, 2.75) is 18.7 Å². The van der Waals surface area contributed by atoms with Crippen LogP contribution in [0, 0.1) is 19.7 Å². The summed E-state index contributed by atoms with van der Waals surface area (Å²) < 4.78 is 41.6. The number of nitrogens with zero attached hydrogens (tertiary/aromatic N) is 3. The molecule has 1 aromatic heterocycles. The molecule has 0 amide bonds. The van der Waals surface area contributed by atoms with E-state index in [9.17, 15) is 17.6 Å². The molecule has 2 heterocycles. The quantitative estimate of drug-likeness (QED) is 0.672. The predicted octanol–water partition coefficient (Wildman–Crippen LogP) is 2.70. The molecular formula is C22H23FN4O3S. The normalized spacial score (nSPS) is 15.3. The minimum Gasteiger partial charge on any atom is -0.369 e. The first kappa shape index (κ1) is 21.2. The lowest BCUT2D eigenvalue weighted by Gasteiger charge is -2.35. The van der Waals surface area contributed by atoms with E-state index in [-0.39, 0.29) is 16.3 Å². The highest BCUT2D eigenvalue weighted by molar-refractivity contribution is 7.89. The van der Waals surface area contributed by atoms with Crippen molar-refractivity contribution in [3.05, 3.63) is 75.8 Å². The standard InChI is InChI=1S/C22H23FN4O3S/c1-15-13-17(20-7-8-22(28)25-24-20)14-21(16(15)2)31(29,30)27-11-9-26(10-12-27)19-5-3-18(23)4-6-19/h3-8,13-14H,9-12H2,1-2H3,(H,25,28). The van der Waals surface area contributed by atoms with E-state index in [4.69, 9.17) is 0 Å². The van der Waals surface area contributed by atoms with Crippen molar-refractivity contribution in [2.75, 3.05) is 31.1 Å². The largest absolute Gasteiger partial charge is 0.369 e. The van der Waals surface area contributed by atoms with Crippen molar-refractivity contribution in [1.82, 2.24) is 14.5 Å². The highest BCUT2D eigenvalue weighted by Crippen LogP contribution is 2.29. The number of anilines is 1. The van der Waals surface area contributed by atoms with Crippen LogP contribution in [0.5, 0.6) is 0 Å². The summed E-state index contributed by atoms with van der Waals surface area (Å²) in [6.07, 6.45) is 0. The van der Waals surface area contributed by atoms with Crippen molar-refractivity contribution in [1.29, 1.82) is 0 Å². The summed E-state index contributed by atoms with van der Waals surface area (Å²) in [5.41, 5.74) is 3.20. The summed E-state index contributed by atoms with van der Waals surface area (Å²) in [5, 5.41) is 6.41. The van der Waals surface area contributed by atoms with Gasteiger partial charge in [-0.05, 0) is 67.4 Å². The Kier molecular flexibility index (Phi) is 5.63.